The van der Waals surface area contributed by atoms with E-state index in [1.807, 2.05) is 31.2 Å². The summed E-state index contributed by atoms with van der Waals surface area (Å²) in [6, 6.07) is 12.6. The average Bonchev–Trinajstić information content (AvgIpc) is 2.52. The van der Waals surface area contributed by atoms with Crippen LogP contribution in [0, 0.1) is 12.7 Å². The third kappa shape index (κ3) is 5.88. The smallest absolute Gasteiger partial charge is 0.224 e. The van der Waals surface area contributed by atoms with Crippen molar-refractivity contribution in [2.24, 2.45) is 0 Å². The first-order valence-electron chi connectivity index (χ1n) is 7.39. The zero-order chi connectivity index (χ0) is 16.7. The monoisotopic (exact) mass is 351 g/mol. The van der Waals surface area contributed by atoms with Gasteiger partial charge in [-0.2, -0.15) is 11.8 Å². The molecule has 0 spiro atoms. The van der Waals surface area contributed by atoms with E-state index in [1.54, 1.807) is 23.9 Å². The molecule has 0 aliphatic carbocycles. The van der Waals surface area contributed by atoms with Gasteiger partial charge in [-0.3, -0.25) is 4.79 Å². The Kier molecular flexibility index (Phi) is 6.93. The standard InChI is InChI=1S/C18H19ClFNOS/c1-13-5-7-14(8-6-13)11-18(22)21-9-10-23-12-15-16(19)3-2-4-17(15)20/h2-8H,9-12H2,1H3,(H,21,22). The molecule has 0 atom stereocenters. The van der Waals surface area contributed by atoms with Crippen LogP contribution in [0.5, 0.6) is 0 Å². The van der Waals surface area contributed by atoms with E-state index in [4.69, 9.17) is 11.6 Å². The summed E-state index contributed by atoms with van der Waals surface area (Å²) in [6.07, 6.45) is 0.379. The number of nitrogens with one attached hydrogen (secondary N) is 1. The highest BCUT2D eigenvalue weighted by Gasteiger charge is 2.07. The minimum Gasteiger partial charge on any atom is -0.355 e. The van der Waals surface area contributed by atoms with Gasteiger partial charge in [0.25, 0.3) is 0 Å². The molecular formula is C18H19ClFNOS. The topological polar surface area (TPSA) is 29.1 Å². The molecule has 0 aliphatic heterocycles. The third-order valence-corrected chi connectivity index (χ3v) is 4.70. The van der Waals surface area contributed by atoms with Crippen molar-refractivity contribution < 1.29 is 9.18 Å². The summed E-state index contributed by atoms with van der Waals surface area (Å²) in [5.41, 5.74) is 2.70. The summed E-state index contributed by atoms with van der Waals surface area (Å²) in [5.74, 6) is 0.927. The highest BCUT2D eigenvalue weighted by molar-refractivity contribution is 7.98. The number of aryl methyl sites for hydroxylation is 1. The van der Waals surface area contributed by atoms with Gasteiger partial charge in [-0.25, -0.2) is 4.39 Å². The van der Waals surface area contributed by atoms with E-state index >= 15 is 0 Å². The summed E-state index contributed by atoms with van der Waals surface area (Å²) in [5, 5.41) is 3.32. The Morgan fingerprint density at radius 3 is 2.65 bits per heavy atom. The van der Waals surface area contributed by atoms with Crippen molar-refractivity contribution in [2.45, 2.75) is 19.1 Å². The summed E-state index contributed by atoms with van der Waals surface area (Å²) in [4.78, 5) is 11.8. The van der Waals surface area contributed by atoms with Gasteiger partial charge in [-0.1, -0.05) is 47.5 Å². The fourth-order valence-electron chi connectivity index (χ4n) is 2.06. The van der Waals surface area contributed by atoms with Gasteiger partial charge in [0.15, 0.2) is 0 Å². The Hall–Kier alpha value is -1.52. The zero-order valence-electron chi connectivity index (χ0n) is 12.9. The van der Waals surface area contributed by atoms with E-state index in [1.165, 1.54) is 11.6 Å². The number of benzene rings is 2. The molecule has 122 valence electrons. The van der Waals surface area contributed by atoms with Crippen LogP contribution in [-0.4, -0.2) is 18.2 Å². The van der Waals surface area contributed by atoms with Crippen molar-refractivity contribution in [3.05, 3.63) is 70.0 Å². The van der Waals surface area contributed by atoms with Gasteiger partial charge >= 0.3 is 0 Å². The second kappa shape index (κ2) is 8.94. The molecule has 0 radical (unpaired) electrons. The van der Waals surface area contributed by atoms with Crippen LogP contribution >= 0.6 is 23.4 Å². The van der Waals surface area contributed by atoms with E-state index in [0.29, 0.717) is 35.1 Å². The van der Waals surface area contributed by atoms with Gasteiger partial charge < -0.3 is 5.32 Å². The normalized spacial score (nSPS) is 10.6. The number of hydrogen-bond acceptors (Lipinski definition) is 2. The SMILES string of the molecule is Cc1ccc(CC(=O)NCCSCc2c(F)cccc2Cl)cc1. The van der Waals surface area contributed by atoms with Crippen LogP contribution in [0.4, 0.5) is 4.39 Å². The van der Waals surface area contributed by atoms with Crippen molar-refractivity contribution in [1.82, 2.24) is 5.32 Å². The maximum atomic E-state index is 13.6. The average molecular weight is 352 g/mol. The van der Waals surface area contributed by atoms with E-state index in [0.717, 1.165) is 5.56 Å². The summed E-state index contributed by atoms with van der Waals surface area (Å²) in [7, 11) is 0. The van der Waals surface area contributed by atoms with Crippen LogP contribution in [-0.2, 0) is 17.0 Å². The molecule has 0 aromatic heterocycles. The second-order valence-electron chi connectivity index (χ2n) is 5.27. The maximum Gasteiger partial charge on any atom is 0.224 e. The number of rotatable bonds is 7. The molecule has 0 saturated carbocycles. The number of thioether (sulfide) groups is 1. The van der Waals surface area contributed by atoms with Crippen LogP contribution in [0.3, 0.4) is 0 Å². The van der Waals surface area contributed by atoms with Crippen molar-refractivity contribution in [1.29, 1.82) is 0 Å². The van der Waals surface area contributed by atoms with E-state index in [9.17, 15) is 9.18 Å². The molecule has 23 heavy (non-hydrogen) atoms. The Morgan fingerprint density at radius 1 is 1.22 bits per heavy atom. The molecular weight excluding hydrogens is 333 g/mol. The molecule has 1 N–H and O–H groups in total. The van der Waals surface area contributed by atoms with Crippen LogP contribution in [0.15, 0.2) is 42.5 Å². The summed E-state index contributed by atoms with van der Waals surface area (Å²) in [6.45, 7) is 2.57. The first-order chi connectivity index (χ1) is 11.1. The fourth-order valence-corrected chi connectivity index (χ4v) is 3.26. The van der Waals surface area contributed by atoms with Crippen LogP contribution in [0.1, 0.15) is 16.7 Å². The van der Waals surface area contributed by atoms with Crippen LogP contribution in [0.2, 0.25) is 5.02 Å². The van der Waals surface area contributed by atoms with Crippen molar-refractivity contribution in [3.8, 4) is 0 Å². The van der Waals surface area contributed by atoms with Gasteiger partial charge in [-0.15, -0.1) is 0 Å². The lowest BCUT2D eigenvalue weighted by molar-refractivity contribution is -0.120. The molecule has 1 amide bonds. The molecule has 5 heteroatoms. The number of hydrogen-bond donors (Lipinski definition) is 1. The first kappa shape index (κ1) is 17.8. The van der Waals surface area contributed by atoms with Crippen molar-refractivity contribution in [3.63, 3.8) is 0 Å². The lowest BCUT2D eigenvalue weighted by Crippen LogP contribution is -2.27. The maximum absolute atomic E-state index is 13.6. The minimum absolute atomic E-state index is 0.00150. The lowest BCUT2D eigenvalue weighted by Gasteiger charge is -2.07. The van der Waals surface area contributed by atoms with Gasteiger partial charge in [0, 0.05) is 28.6 Å². The molecule has 2 aromatic carbocycles. The fraction of sp³-hybridized carbons (Fsp3) is 0.278. The number of amides is 1. The highest BCUT2D eigenvalue weighted by Crippen LogP contribution is 2.23. The largest absolute Gasteiger partial charge is 0.355 e. The van der Waals surface area contributed by atoms with Crippen LogP contribution in [0.25, 0.3) is 0 Å². The molecule has 0 bridgehead atoms. The van der Waals surface area contributed by atoms with Gasteiger partial charge in [0.05, 0.1) is 6.42 Å². The first-order valence-corrected chi connectivity index (χ1v) is 8.92. The zero-order valence-corrected chi connectivity index (χ0v) is 14.5. The van der Waals surface area contributed by atoms with Gasteiger partial charge in [0.2, 0.25) is 5.91 Å². The van der Waals surface area contributed by atoms with Crippen LogP contribution < -0.4 is 5.32 Å². The predicted molar refractivity (Wildman–Crippen MR) is 95.5 cm³/mol. The van der Waals surface area contributed by atoms with Crippen molar-refractivity contribution in [2.75, 3.05) is 12.3 Å². The van der Waals surface area contributed by atoms with Crippen molar-refractivity contribution >= 4 is 29.3 Å². The van der Waals surface area contributed by atoms with Gasteiger partial charge in [0.1, 0.15) is 5.82 Å². The van der Waals surface area contributed by atoms with E-state index in [2.05, 4.69) is 5.32 Å². The Morgan fingerprint density at radius 2 is 1.96 bits per heavy atom. The molecule has 0 saturated heterocycles. The number of halogens is 2. The molecule has 2 aromatic rings. The summed E-state index contributed by atoms with van der Waals surface area (Å²) >= 11 is 7.52. The Balaban J connectivity index is 1.67. The third-order valence-electron chi connectivity index (χ3n) is 3.36. The molecule has 0 heterocycles. The quantitative estimate of drug-likeness (QED) is 0.750. The molecule has 2 nitrogen and oxygen atoms in total. The second-order valence-corrected chi connectivity index (χ2v) is 6.78. The highest BCUT2D eigenvalue weighted by atomic mass is 35.5. The molecule has 0 aliphatic rings. The molecule has 0 unspecified atom stereocenters. The Bertz CT molecular complexity index is 640. The van der Waals surface area contributed by atoms with Gasteiger partial charge in [-0.05, 0) is 24.6 Å². The molecule has 0 fully saturated rings. The molecule has 2 rings (SSSR count). The number of carbonyl (C=O) groups excluding carboxylic acids is 1. The Labute approximate surface area is 145 Å². The predicted octanol–water partition coefficient (Wildman–Crippen LogP) is 4.38. The minimum atomic E-state index is -0.284. The lowest BCUT2D eigenvalue weighted by atomic mass is 10.1. The van der Waals surface area contributed by atoms with E-state index < -0.39 is 0 Å². The summed E-state index contributed by atoms with van der Waals surface area (Å²) < 4.78 is 13.6. The number of carbonyl (C=O) groups is 1. The van der Waals surface area contributed by atoms with E-state index in [-0.39, 0.29) is 11.7 Å².